The number of halogens is 4. The third-order valence-electron chi connectivity index (χ3n) is 12.2. The molecular weight excluding hydrogens is 845 g/mol. The zero-order valence-electron chi connectivity index (χ0n) is 34.8. The molecule has 5 heterocycles. The van der Waals surface area contributed by atoms with Gasteiger partial charge in [-0.05, 0) is 78.4 Å². The number of aromatic nitrogens is 2. The number of nitrogens with zero attached hydrogens (tertiary/aromatic N) is 7. The average Bonchev–Trinajstić information content (AvgIpc) is 3.58. The number of carbonyl (C=O) groups excluding carboxylic acids is 3. The highest BCUT2D eigenvalue weighted by Crippen LogP contribution is 2.35. The molecular formula is C43H48F4N10O5S. The number of carbonyl (C=O) groups is 3. The number of hydrogen-bond acceptors (Lipinski definition) is 12. The summed E-state index contributed by atoms with van der Waals surface area (Å²) < 4.78 is 82.2. The first-order valence-corrected chi connectivity index (χ1v) is 22.6. The number of imide groups is 1. The van der Waals surface area contributed by atoms with Crippen molar-refractivity contribution in [2.45, 2.75) is 63.6 Å². The number of amides is 3. The van der Waals surface area contributed by atoms with Crippen molar-refractivity contribution >= 4 is 56.6 Å². The lowest BCUT2D eigenvalue weighted by Gasteiger charge is -2.43. The third-order valence-corrected chi connectivity index (χ3v) is 13.4. The van der Waals surface area contributed by atoms with E-state index in [1.807, 2.05) is 30.3 Å². The molecule has 63 heavy (non-hydrogen) atoms. The van der Waals surface area contributed by atoms with Crippen LogP contribution in [0.3, 0.4) is 0 Å². The van der Waals surface area contributed by atoms with Crippen molar-refractivity contribution in [1.29, 1.82) is 0 Å². The highest BCUT2D eigenvalue weighted by atomic mass is 32.2. The van der Waals surface area contributed by atoms with E-state index in [1.165, 1.54) is 18.0 Å². The summed E-state index contributed by atoms with van der Waals surface area (Å²) in [4.78, 5) is 53.7. The quantitative estimate of drug-likeness (QED) is 0.130. The smallest absolute Gasteiger partial charge is 0.371 e. The van der Waals surface area contributed by atoms with Crippen LogP contribution in [-0.4, -0.2) is 115 Å². The summed E-state index contributed by atoms with van der Waals surface area (Å²) in [6.07, 6.45) is -0.624. The first kappa shape index (κ1) is 43.8. The van der Waals surface area contributed by atoms with E-state index in [9.17, 15) is 36.0 Å². The van der Waals surface area contributed by atoms with Gasteiger partial charge in [-0.1, -0.05) is 18.2 Å². The zero-order valence-corrected chi connectivity index (χ0v) is 35.6. The number of piperidine rings is 2. The molecule has 3 fully saturated rings. The van der Waals surface area contributed by atoms with Gasteiger partial charge in [-0.25, -0.2) is 17.8 Å². The Balaban J connectivity index is 0.813. The minimum atomic E-state index is -4.72. The Morgan fingerprint density at radius 1 is 0.921 bits per heavy atom. The molecule has 3 amide bonds. The molecule has 3 N–H and O–H groups in total. The van der Waals surface area contributed by atoms with E-state index in [0.29, 0.717) is 35.1 Å². The fraction of sp³-hybridized carbons (Fsp3) is 0.419. The number of hydrogen-bond donors (Lipinski definition) is 3. The maximum Gasteiger partial charge on any atom is 0.421 e. The van der Waals surface area contributed by atoms with Crippen molar-refractivity contribution < 1.29 is 40.4 Å². The maximum atomic E-state index is 15.3. The standard InChI is InChI=1S/C43H48F4N10O5S/c1-53(63(2,61)62)33-5-3-4-27(21-33)23-48-39-34(43(45,46)47)24-49-42(52-39)50-30-6-8-31(9-7-30)55-14-12-32(13-15-55)56-18-16-54(17-19-56)25-28-20-29-26-57(41(60)38(29)35(44)22-28)36-10-11-37(58)51-40(36)59/h3-9,20-22,24,32,36H,10-19,23,25-26H2,1-2H3,(H,51,58,59)(H2,48,49,50,52). The van der Waals surface area contributed by atoms with Crippen molar-refractivity contribution in [2.24, 2.45) is 0 Å². The molecule has 4 aliphatic rings. The molecule has 4 aliphatic heterocycles. The number of fused-ring (bicyclic) bond motifs is 1. The molecule has 0 bridgehead atoms. The van der Waals surface area contributed by atoms with E-state index >= 15 is 4.39 Å². The molecule has 0 radical (unpaired) electrons. The number of benzene rings is 3. The highest BCUT2D eigenvalue weighted by Gasteiger charge is 2.41. The van der Waals surface area contributed by atoms with Crippen molar-refractivity contribution in [1.82, 2.24) is 30.0 Å². The monoisotopic (exact) mass is 892 g/mol. The Bertz CT molecular complexity index is 2490. The van der Waals surface area contributed by atoms with Gasteiger partial charge < -0.3 is 20.4 Å². The minimum absolute atomic E-state index is 0.00282. The third kappa shape index (κ3) is 9.87. The van der Waals surface area contributed by atoms with Gasteiger partial charge in [0.25, 0.3) is 5.91 Å². The Morgan fingerprint density at radius 2 is 1.65 bits per heavy atom. The maximum absolute atomic E-state index is 15.3. The Hall–Kier alpha value is -5.86. The molecule has 3 aromatic carbocycles. The fourth-order valence-electron chi connectivity index (χ4n) is 8.75. The van der Waals surface area contributed by atoms with Crippen LogP contribution >= 0.6 is 0 Å². The van der Waals surface area contributed by atoms with Gasteiger partial charge in [-0.3, -0.25) is 33.8 Å². The van der Waals surface area contributed by atoms with Crippen LogP contribution in [0, 0.1) is 5.82 Å². The molecule has 1 atom stereocenters. The SMILES string of the molecule is CN(c1cccc(CNc2nc(Nc3ccc(N4CCC(N5CCN(Cc6cc(F)c7c(c6)CN(C6CCC(=O)NC6=O)C7=O)CC5)CC4)cc3)ncc2C(F)(F)F)c1)S(C)(=O)=O. The number of piperazine rings is 1. The van der Waals surface area contributed by atoms with Crippen molar-refractivity contribution in [2.75, 3.05) is 72.4 Å². The second-order valence-corrected chi connectivity index (χ2v) is 18.4. The topological polar surface area (TPSA) is 163 Å². The molecule has 0 aliphatic carbocycles. The number of rotatable bonds is 12. The Labute approximate surface area is 362 Å². The molecule has 0 spiro atoms. The first-order chi connectivity index (χ1) is 30.0. The van der Waals surface area contributed by atoms with Gasteiger partial charge in [0, 0.05) is 96.0 Å². The molecule has 3 saturated heterocycles. The highest BCUT2D eigenvalue weighted by molar-refractivity contribution is 7.92. The van der Waals surface area contributed by atoms with Gasteiger partial charge in [0.2, 0.25) is 27.8 Å². The van der Waals surface area contributed by atoms with Crippen LogP contribution in [-0.2, 0) is 45.4 Å². The summed E-state index contributed by atoms with van der Waals surface area (Å²) in [5.74, 6) is -2.45. The predicted octanol–water partition coefficient (Wildman–Crippen LogP) is 4.93. The Kier molecular flexibility index (Phi) is 12.3. The van der Waals surface area contributed by atoms with Crippen molar-refractivity contribution in [3.8, 4) is 0 Å². The van der Waals surface area contributed by atoms with Crippen LogP contribution in [0.15, 0.2) is 66.9 Å². The summed E-state index contributed by atoms with van der Waals surface area (Å²) in [5, 5.41) is 8.03. The van der Waals surface area contributed by atoms with Crippen LogP contribution < -0.4 is 25.2 Å². The molecule has 8 rings (SSSR count). The molecule has 0 saturated carbocycles. The largest absolute Gasteiger partial charge is 0.421 e. The summed E-state index contributed by atoms with van der Waals surface area (Å²) in [6.45, 7) is 5.70. The lowest BCUT2D eigenvalue weighted by molar-refractivity contribution is -0.138. The predicted molar refractivity (Wildman–Crippen MR) is 228 cm³/mol. The van der Waals surface area contributed by atoms with Gasteiger partial charge in [0.15, 0.2) is 0 Å². The second-order valence-electron chi connectivity index (χ2n) is 16.4. The van der Waals surface area contributed by atoms with Crippen LogP contribution in [0.2, 0.25) is 0 Å². The van der Waals surface area contributed by atoms with Gasteiger partial charge in [-0.15, -0.1) is 0 Å². The number of nitrogens with one attached hydrogen (secondary N) is 3. The van der Waals surface area contributed by atoms with E-state index in [0.717, 1.165) is 80.1 Å². The lowest BCUT2D eigenvalue weighted by Crippen LogP contribution is -2.53. The molecule has 15 nitrogen and oxygen atoms in total. The minimum Gasteiger partial charge on any atom is -0.371 e. The molecule has 1 aromatic heterocycles. The van der Waals surface area contributed by atoms with Gasteiger partial charge in [0.1, 0.15) is 23.2 Å². The van der Waals surface area contributed by atoms with Gasteiger partial charge >= 0.3 is 6.18 Å². The van der Waals surface area contributed by atoms with E-state index in [1.54, 1.807) is 24.3 Å². The van der Waals surface area contributed by atoms with Gasteiger partial charge in [-0.2, -0.15) is 18.2 Å². The molecule has 4 aromatic rings. The molecule has 20 heteroatoms. The first-order valence-electron chi connectivity index (χ1n) is 20.8. The van der Waals surface area contributed by atoms with Crippen molar-refractivity contribution in [3.63, 3.8) is 0 Å². The number of sulfonamides is 1. The second kappa shape index (κ2) is 17.7. The summed E-state index contributed by atoms with van der Waals surface area (Å²) >= 11 is 0. The molecule has 1 unspecified atom stereocenters. The fourth-order valence-corrected chi connectivity index (χ4v) is 9.25. The Morgan fingerprint density at radius 3 is 2.33 bits per heavy atom. The zero-order chi connectivity index (χ0) is 44.6. The average molecular weight is 893 g/mol. The molecule has 334 valence electrons. The van der Waals surface area contributed by atoms with Gasteiger partial charge in [0.05, 0.1) is 17.5 Å². The van der Waals surface area contributed by atoms with E-state index in [2.05, 4.69) is 40.6 Å². The summed E-state index contributed by atoms with van der Waals surface area (Å²) in [7, 11) is -2.13. The summed E-state index contributed by atoms with van der Waals surface area (Å²) in [5.41, 5.74) is 2.85. The van der Waals surface area contributed by atoms with E-state index in [4.69, 9.17) is 0 Å². The summed E-state index contributed by atoms with van der Waals surface area (Å²) in [6, 6.07) is 16.9. The van der Waals surface area contributed by atoms with Crippen LogP contribution in [0.1, 0.15) is 58.3 Å². The normalized spacial score (nSPS) is 19.3. The lowest BCUT2D eigenvalue weighted by atomic mass is 10.0. The van der Waals surface area contributed by atoms with E-state index < -0.39 is 51.3 Å². The van der Waals surface area contributed by atoms with Crippen molar-refractivity contribution in [3.05, 3.63) is 100 Å². The van der Waals surface area contributed by atoms with E-state index in [-0.39, 0.29) is 43.4 Å². The van der Waals surface area contributed by atoms with Crippen LogP contribution in [0.5, 0.6) is 0 Å². The van der Waals surface area contributed by atoms with Crippen LogP contribution in [0.25, 0.3) is 0 Å². The number of anilines is 5. The number of alkyl halides is 3. The van der Waals surface area contributed by atoms with Crippen LogP contribution in [0.4, 0.5) is 46.4 Å².